The van der Waals surface area contributed by atoms with Gasteiger partial charge in [0.25, 0.3) is 0 Å². The van der Waals surface area contributed by atoms with E-state index < -0.39 is 0 Å². The second-order valence-electron chi connectivity index (χ2n) is 3.97. The highest BCUT2D eigenvalue weighted by atomic mass is 35.5. The lowest BCUT2D eigenvalue weighted by atomic mass is 10.2. The van der Waals surface area contributed by atoms with Crippen molar-refractivity contribution in [1.82, 2.24) is 5.32 Å². The summed E-state index contributed by atoms with van der Waals surface area (Å²) in [7, 11) is 0. The molecule has 0 aromatic heterocycles. The van der Waals surface area contributed by atoms with Crippen molar-refractivity contribution in [2.45, 2.75) is 39.2 Å². The van der Waals surface area contributed by atoms with E-state index in [9.17, 15) is 0 Å². The van der Waals surface area contributed by atoms with E-state index in [-0.39, 0.29) is 0 Å². The molecule has 1 nitrogen and oxygen atoms in total. The van der Waals surface area contributed by atoms with Gasteiger partial charge in [0.15, 0.2) is 0 Å². The Kier molecular flexibility index (Phi) is 6.86. The maximum absolute atomic E-state index is 6.06. The molecule has 0 radical (unpaired) electrons. The standard InChI is InChI=1S/C13H19Cl2N/c1-2-3-4-5-8-16-10-11-9-12(14)6-7-13(11)15/h6-7,9,16H,2-5,8,10H2,1H3. The van der Waals surface area contributed by atoms with Gasteiger partial charge in [-0.05, 0) is 36.7 Å². The average Bonchev–Trinajstić information content (AvgIpc) is 2.28. The van der Waals surface area contributed by atoms with Gasteiger partial charge in [-0.2, -0.15) is 0 Å². The van der Waals surface area contributed by atoms with Crippen LogP contribution in [0.15, 0.2) is 18.2 Å². The molecule has 1 aromatic rings. The number of benzene rings is 1. The van der Waals surface area contributed by atoms with Crippen LogP contribution in [0, 0.1) is 0 Å². The van der Waals surface area contributed by atoms with Gasteiger partial charge < -0.3 is 5.32 Å². The summed E-state index contributed by atoms with van der Waals surface area (Å²) < 4.78 is 0. The highest BCUT2D eigenvalue weighted by Gasteiger charge is 2.00. The second kappa shape index (κ2) is 7.94. The molecule has 0 bridgehead atoms. The largest absolute Gasteiger partial charge is 0.313 e. The first-order valence-corrected chi connectivity index (χ1v) is 6.64. The van der Waals surface area contributed by atoms with Crippen molar-refractivity contribution in [2.24, 2.45) is 0 Å². The van der Waals surface area contributed by atoms with Gasteiger partial charge in [0.05, 0.1) is 0 Å². The van der Waals surface area contributed by atoms with Crippen LogP contribution >= 0.6 is 23.2 Å². The normalized spacial score (nSPS) is 10.7. The summed E-state index contributed by atoms with van der Waals surface area (Å²) in [6.45, 7) is 4.06. The zero-order chi connectivity index (χ0) is 11.8. The smallest absolute Gasteiger partial charge is 0.0451 e. The van der Waals surface area contributed by atoms with E-state index in [1.54, 1.807) is 0 Å². The molecule has 0 unspecified atom stereocenters. The summed E-state index contributed by atoms with van der Waals surface area (Å²) >= 11 is 12.0. The van der Waals surface area contributed by atoms with E-state index in [4.69, 9.17) is 23.2 Å². The van der Waals surface area contributed by atoms with Crippen LogP contribution in [0.5, 0.6) is 0 Å². The van der Waals surface area contributed by atoms with Crippen molar-refractivity contribution in [3.63, 3.8) is 0 Å². The molecule has 0 atom stereocenters. The Bertz CT molecular complexity index is 313. The molecule has 1 N–H and O–H groups in total. The van der Waals surface area contributed by atoms with Crippen LogP contribution < -0.4 is 5.32 Å². The monoisotopic (exact) mass is 259 g/mol. The van der Waals surface area contributed by atoms with Crippen molar-refractivity contribution < 1.29 is 0 Å². The molecule has 0 aliphatic carbocycles. The van der Waals surface area contributed by atoms with Crippen molar-refractivity contribution in [1.29, 1.82) is 0 Å². The van der Waals surface area contributed by atoms with Gasteiger partial charge in [0, 0.05) is 16.6 Å². The SMILES string of the molecule is CCCCCCNCc1cc(Cl)ccc1Cl. The maximum atomic E-state index is 6.06. The van der Waals surface area contributed by atoms with Gasteiger partial charge >= 0.3 is 0 Å². The Morgan fingerprint density at radius 2 is 1.94 bits per heavy atom. The highest BCUT2D eigenvalue weighted by molar-refractivity contribution is 6.33. The lowest BCUT2D eigenvalue weighted by Gasteiger charge is -2.07. The maximum Gasteiger partial charge on any atom is 0.0451 e. The van der Waals surface area contributed by atoms with Crippen LogP contribution in [0.1, 0.15) is 38.2 Å². The third-order valence-electron chi connectivity index (χ3n) is 2.53. The third kappa shape index (κ3) is 5.20. The molecule has 0 heterocycles. The predicted octanol–water partition coefficient (Wildman–Crippen LogP) is 4.66. The van der Waals surface area contributed by atoms with Crippen molar-refractivity contribution in [3.05, 3.63) is 33.8 Å². The Morgan fingerprint density at radius 1 is 1.12 bits per heavy atom. The zero-order valence-corrected chi connectivity index (χ0v) is 11.2. The summed E-state index contributed by atoms with van der Waals surface area (Å²) in [6.07, 6.45) is 5.12. The fraction of sp³-hybridized carbons (Fsp3) is 0.538. The summed E-state index contributed by atoms with van der Waals surface area (Å²) in [5, 5.41) is 4.91. The predicted molar refractivity (Wildman–Crippen MR) is 72.3 cm³/mol. The molecule has 0 spiro atoms. The molecule has 0 fully saturated rings. The third-order valence-corrected chi connectivity index (χ3v) is 3.13. The first-order chi connectivity index (χ1) is 7.74. The molecular formula is C13H19Cl2N. The quantitative estimate of drug-likeness (QED) is 0.703. The van der Waals surface area contributed by atoms with Crippen LogP contribution in [-0.4, -0.2) is 6.54 Å². The van der Waals surface area contributed by atoms with Gasteiger partial charge in [0.1, 0.15) is 0 Å². The number of halogens is 2. The Morgan fingerprint density at radius 3 is 2.69 bits per heavy atom. The van der Waals surface area contributed by atoms with Gasteiger partial charge in [-0.25, -0.2) is 0 Å². The highest BCUT2D eigenvalue weighted by Crippen LogP contribution is 2.20. The lowest BCUT2D eigenvalue weighted by molar-refractivity contribution is 0.598. The number of hydrogen-bond donors (Lipinski definition) is 1. The molecule has 16 heavy (non-hydrogen) atoms. The summed E-state index contributed by atoms with van der Waals surface area (Å²) in [4.78, 5) is 0. The number of unbranched alkanes of at least 4 members (excludes halogenated alkanes) is 3. The fourth-order valence-electron chi connectivity index (χ4n) is 1.58. The lowest BCUT2D eigenvalue weighted by Crippen LogP contribution is -2.14. The molecule has 0 amide bonds. The topological polar surface area (TPSA) is 12.0 Å². The summed E-state index contributed by atoms with van der Waals surface area (Å²) in [6, 6.07) is 5.58. The molecular weight excluding hydrogens is 241 g/mol. The van der Waals surface area contributed by atoms with E-state index >= 15 is 0 Å². The molecule has 3 heteroatoms. The van der Waals surface area contributed by atoms with E-state index in [0.717, 1.165) is 28.7 Å². The zero-order valence-electron chi connectivity index (χ0n) is 9.73. The molecule has 1 rings (SSSR count). The minimum atomic E-state index is 0.743. The molecule has 1 aromatic carbocycles. The first kappa shape index (κ1) is 13.8. The second-order valence-corrected chi connectivity index (χ2v) is 4.82. The molecule has 0 aliphatic heterocycles. The number of hydrogen-bond acceptors (Lipinski definition) is 1. The summed E-state index contributed by atoms with van der Waals surface area (Å²) in [5.41, 5.74) is 1.07. The molecule has 90 valence electrons. The molecule has 0 saturated heterocycles. The van der Waals surface area contributed by atoms with Gasteiger partial charge in [-0.3, -0.25) is 0 Å². The van der Waals surface area contributed by atoms with E-state index in [0.29, 0.717) is 0 Å². The Hall–Kier alpha value is -0.240. The number of rotatable bonds is 7. The number of nitrogens with one attached hydrogen (secondary N) is 1. The van der Waals surface area contributed by atoms with Gasteiger partial charge in [0.2, 0.25) is 0 Å². The molecule has 0 saturated carbocycles. The Balaban J connectivity index is 2.23. The average molecular weight is 260 g/mol. The van der Waals surface area contributed by atoms with E-state index in [2.05, 4.69) is 12.2 Å². The van der Waals surface area contributed by atoms with E-state index in [1.165, 1.54) is 25.7 Å². The Labute approximate surface area is 108 Å². The molecule has 0 aliphatic rings. The minimum Gasteiger partial charge on any atom is -0.313 e. The first-order valence-electron chi connectivity index (χ1n) is 5.88. The van der Waals surface area contributed by atoms with Crippen molar-refractivity contribution in [3.8, 4) is 0 Å². The van der Waals surface area contributed by atoms with Gasteiger partial charge in [-0.15, -0.1) is 0 Å². The van der Waals surface area contributed by atoms with Crippen LogP contribution in [-0.2, 0) is 6.54 Å². The van der Waals surface area contributed by atoms with Crippen molar-refractivity contribution in [2.75, 3.05) is 6.54 Å². The van der Waals surface area contributed by atoms with Gasteiger partial charge in [-0.1, -0.05) is 49.4 Å². The van der Waals surface area contributed by atoms with Crippen LogP contribution in [0.3, 0.4) is 0 Å². The minimum absolute atomic E-state index is 0.743. The summed E-state index contributed by atoms with van der Waals surface area (Å²) in [5.74, 6) is 0. The van der Waals surface area contributed by atoms with E-state index in [1.807, 2.05) is 18.2 Å². The van der Waals surface area contributed by atoms with Crippen LogP contribution in [0.4, 0.5) is 0 Å². The van der Waals surface area contributed by atoms with Crippen LogP contribution in [0.25, 0.3) is 0 Å². The fourth-order valence-corrected chi connectivity index (χ4v) is 1.96. The van der Waals surface area contributed by atoms with Crippen molar-refractivity contribution >= 4 is 23.2 Å². The van der Waals surface area contributed by atoms with Crippen LogP contribution in [0.2, 0.25) is 10.0 Å².